The SMILES string of the molecule is COC1=CC([C@H]2Oc3cc(O)cc(O)c3C[C@H]2O)=CCC1O. The molecule has 118 valence electrons. The van der Waals surface area contributed by atoms with E-state index in [1.165, 1.54) is 19.2 Å². The van der Waals surface area contributed by atoms with Crippen molar-refractivity contribution in [3.8, 4) is 17.2 Å². The Hall–Kier alpha value is -2.18. The molecule has 1 aromatic carbocycles. The van der Waals surface area contributed by atoms with E-state index in [1.54, 1.807) is 12.2 Å². The van der Waals surface area contributed by atoms with Gasteiger partial charge in [0.15, 0.2) is 0 Å². The van der Waals surface area contributed by atoms with Crippen molar-refractivity contribution in [2.75, 3.05) is 7.11 Å². The van der Waals surface area contributed by atoms with Crippen LogP contribution in [-0.4, -0.2) is 45.8 Å². The number of aromatic hydroxyl groups is 2. The second-order valence-electron chi connectivity index (χ2n) is 5.46. The number of ether oxygens (including phenoxy) is 2. The van der Waals surface area contributed by atoms with Crippen molar-refractivity contribution in [1.82, 2.24) is 0 Å². The third-order valence-corrected chi connectivity index (χ3v) is 3.97. The smallest absolute Gasteiger partial charge is 0.150 e. The van der Waals surface area contributed by atoms with Crippen LogP contribution in [0.4, 0.5) is 0 Å². The Bertz CT molecular complexity index is 648. The molecule has 0 spiro atoms. The number of aliphatic hydroxyl groups is 2. The number of phenolic OH excluding ortho intramolecular Hbond substituents is 2. The molecule has 1 aliphatic heterocycles. The zero-order valence-electron chi connectivity index (χ0n) is 12.1. The van der Waals surface area contributed by atoms with E-state index in [4.69, 9.17) is 9.47 Å². The highest BCUT2D eigenvalue weighted by atomic mass is 16.5. The summed E-state index contributed by atoms with van der Waals surface area (Å²) in [5, 5.41) is 39.5. The number of phenols is 2. The third kappa shape index (κ3) is 2.51. The van der Waals surface area contributed by atoms with Gasteiger partial charge in [0.05, 0.1) is 13.2 Å². The molecule has 0 bridgehead atoms. The molecular formula is C16H18O6. The number of hydrogen-bond donors (Lipinski definition) is 4. The molecule has 1 aromatic rings. The van der Waals surface area contributed by atoms with E-state index in [0.29, 0.717) is 29.1 Å². The first-order valence-corrected chi connectivity index (χ1v) is 7.03. The van der Waals surface area contributed by atoms with Gasteiger partial charge >= 0.3 is 0 Å². The summed E-state index contributed by atoms with van der Waals surface area (Å²) in [7, 11) is 1.47. The Labute approximate surface area is 127 Å². The van der Waals surface area contributed by atoms with E-state index in [-0.39, 0.29) is 17.9 Å². The van der Waals surface area contributed by atoms with Crippen LogP contribution >= 0.6 is 0 Å². The molecule has 0 aromatic heterocycles. The van der Waals surface area contributed by atoms with Gasteiger partial charge in [0, 0.05) is 24.1 Å². The van der Waals surface area contributed by atoms with Crippen LogP contribution in [0.25, 0.3) is 0 Å². The Morgan fingerprint density at radius 1 is 1.23 bits per heavy atom. The van der Waals surface area contributed by atoms with Crippen LogP contribution in [-0.2, 0) is 11.2 Å². The minimum Gasteiger partial charge on any atom is -0.508 e. The van der Waals surface area contributed by atoms with Crippen molar-refractivity contribution in [3.63, 3.8) is 0 Å². The van der Waals surface area contributed by atoms with Gasteiger partial charge in [-0.05, 0) is 18.1 Å². The van der Waals surface area contributed by atoms with Gasteiger partial charge in [0.1, 0.15) is 35.2 Å². The van der Waals surface area contributed by atoms with Crippen molar-refractivity contribution in [2.24, 2.45) is 0 Å². The van der Waals surface area contributed by atoms with Crippen LogP contribution in [0.2, 0.25) is 0 Å². The zero-order chi connectivity index (χ0) is 15.9. The van der Waals surface area contributed by atoms with Crippen molar-refractivity contribution in [2.45, 2.75) is 31.2 Å². The van der Waals surface area contributed by atoms with Gasteiger partial charge in [0.2, 0.25) is 0 Å². The molecule has 0 saturated carbocycles. The highest BCUT2D eigenvalue weighted by Gasteiger charge is 2.34. The molecule has 22 heavy (non-hydrogen) atoms. The van der Waals surface area contributed by atoms with Crippen LogP contribution in [0.15, 0.2) is 35.6 Å². The number of rotatable bonds is 2. The van der Waals surface area contributed by atoms with Crippen molar-refractivity contribution >= 4 is 0 Å². The van der Waals surface area contributed by atoms with Crippen LogP contribution in [0.1, 0.15) is 12.0 Å². The maximum absolute atomic E-state index is 10.3. The lowest BCUT2D eigenvalue weighted by Crippen LogP contribution is -2.39. The highest BCUT2D eigenvalue weighted by molar-refractivity contribution is 5.52. The summed E-state index contributed by atoms with van der Waals surface area (Å²) in [5.74, 6) is 0.547. The van der Waals surface area contributed by atoms with Gasteiger partial charge in [-0.3, -0.25) is 0 Å². The van der Waals surface area contributed by atoms with Gasteiger partial charge in [-0.2, -0.15) is 0 Å². The Morgan fingerprint density at radius 3 is 2.73 bits per heavy atom. The fourth-order valence-corrected chi connectivity index (χ4v) is 2.83. The summed E-state index contributed by atoms with van der Waals surface area (Å²) in [4.78, 5) is 0. The predicted octanol–water partition coefficient (Wildman–Crippen LogP) is 0.983. The lowest BCUT2D eigenvalue weighted by atomic mass is 9.90. The summed E-state index contributed by atoms with van der Waals surface area (Å²) in [5.41, 5.74) is 1.16. The molecule has 3 rings (SSSR count). The Kier molecular flexibility index (Phi) is 3.72. The summed E-state index contributed by atoms with van der Waals surface area (Å²) >= 11 is 0. The number of methoxy groups -OCH3 is 1. The van der Waals surface area contributed by atoms with Crippen molar-refractivity contribution < 1.29 is 29.9 Å². The molecule has 1 heterocycles. The molecule has 6 nitrogen and oxygen atoms in total. The summed E-state index contributed by atoms with van der Waals surface area (Å²) in [6.07, 6.45) is 1.83. The van der Waals surface area contributed by atoms with E-state index < -0.39 is 18.3 Å². The lowest BCUT2D eigenvalue weighted by Gasteiger charge is -2.33. The lowest BCUT2D eigenvalue weighted by molar-refractivity contribution is 0.0414. The molecule has 0 fully saturated rings. The van der Waals surface area contributed by atoms with E-state index in [0.717, 1.165) is 0 Å². The second-order valence-corrected chi connectivity index (χ2v) is 5.46. The first kappa shape index (κ1) is 14.7. The number of fused-ring (bicyclic) bond motifs is 1. The monoisotopic (exact) mass is 306 g/mol. The largest absolute Gasteiger partial charge is 0.508 e. The standard InChI is InChI=1S/C16H18O6/c1-21-15-4-8(2-3-11(15)18)16-13(20)7-10-12(19)5-9(17)6-14(10)22-16/h2,4-6,11,13,16-20H,3,7H2,1H3/t11?,13-,16-/m1/s1. The van der Waals surface area contributed by atoms with Gasteiger partial charge < -0.3 is 29.9 Å². The molecule has 3 atom stereocenters. The van der Waals surface area contributed by atoms with Gasteiger partial charge in [0.25, 0.3) is 0 Å². The average Bonchev–Trinajstić information content (AvgIpc) is 2.48. The molecule has 2 aliphatic rings. The predicted molar refractivity (Wildman–Crippen MR) is 77.7 cm³/mol. The minimum atomic E-state index is -0.848. The molecule has 0 radical (unpaired) electrons. The molecule has 4 N–H and O–H groups in total. The zero-order valence-corrected chi connectivity index (χ0v) is 12.1. The van der Waals surface area contributed by atoms with Crippen LogP contribution < -0.4 is 4.74 Å². The molecule has 1 aliphatic carbocycles. The van der Waals surface area contributed by atoms with E-state index >= 15 is 0 Å². The van der Waals surface area contributed by atoms with E-state index in [9.17, 15) is 20.4 Å². The topological polar surface area (TPSA) is 99.4 Å². The quantitative estimate of drug-likeness (QED) is 0.650. The third-order valence-electron chi connectivity index (χ3n) is 3.97. The normalized spacial score (nSPS) is 27.3. The van der Waals surface area contributed by atoms with Crippen LogP contribution in [0.3, 0.4) is 0 Å². The molecule has 1 unspecified atom stereocenters. The second kappa shape index (κ2) is 5.55. The fraction of sp³-hybridized carbons (Fsp3) is 0.375. The van der Waals surface area contributed by atoms with Gasteiger partial charge in [-0.1, -0.05) is 6.08 Å². The number of aliphatic hydroxyl groups excluding tert-OH is 2. The van der Waals surface area contributed by atoms with Gasteiger partial charge in [-0.15, -0.1) is 0 Å². The Morgan fingerprint density at radius 2 is 2.00 bits per heavy atom. The molecule has 0 amide bonds. The number of hydrogen-bond acceptors (Lipinski definition) is 6. The van der Waals surface area contributed by atoms with E-state index in [1.807, 2.05) is 0 Å². The highest BCUT2D eigenvalue weighted by Crippen LogP contribution is 2.39. The number of benzene rings is 1. The molecule has 0 saturated heterocycles. The summed E-state index contributed by atoms with van der Waals surface area (Å²) < 4.78 is 10.9. The van der Waals surface area contributed by atoms with Gasteiger partial charge in [-0.25, -0.2) is 0 Å². The summed E-state index contributed by atoms with van der Waals surface area (Å²) in [6.45, 7) is 0. The average molecular weight is 306 g/mol. The van der Waals surface area contributed by atoms with Crippen molar-refractivity contribution in [1.29, 1.82) is 0 Å². The maximum Gasteiger partial charge on any atom is 0.150 e. The van der Waals surface area contributed by atoms with E-state index in [2.05, 4.69) is 0 Å². The fourth-order valence-electron chi connectivity index (χ4n) is 2.83. The van der Waals surface area contributed by atoms with Crippen LogP contribution in [0, 0.1) is 0 Å². The first-order chi connectivity index (χ1) is 10.5. The van der Waals surface area contributed by atoms with Crippen LogP contribution in [0.5, 0.6) is 17.2 Å². The van der Waals surface area contributed by atoms with Crippen molar-refractivity contribution in [3.05, 3.63) is 41.2 Å². The Balaban J connectivity index is 1.92. The minimum absolute atomic E-state index is 0.103. The summed E-state index contributed by atoms with van der Waals surface area (Å²) in [6, 6.07) is 2.63. The maximum atomic E-state index is 10.3. The first-order valence-electron chi connectivity index (χ1n) is 7.03. The molecular weight excluding hydrogens is 288 g/mol. The molecule has 6 heteroatoms.